The molecule has 1 aromatic carbocycles. The van der Waals surface area contributed by atoms with Crippen LogP contribution < -0.4 is 4.74 Å². The maximum atomic E-state index is 11.1. The van der Waals surface area contributed by atoms with E-state index in [1.807, 2.05) is 6.07 Å². The monoisotopic (exact) mass is 189 g/mol. The number of ether oxygens (including phenoxy) is 1. The van der Waals surface area contributed by atoms with Gasteiger partial charge in [-0.2, -0.15) is 5.26 Å². The number of nitriles is 1. The van der Waals surface area contributed by atoms with E-state index in [9.17, 15) is 4.79 Å². The van der Waals surface area contributed by atoms with Crippen LogP contribution in [0.1, 0.15) is 28.4 Å². The molecule has 0 heterocycles. The van der Waals surface area contributed by atoms with Gasteiger partial charge in [0.25, 0.3) is 0 Å². The lowest BCUT2D eigenvalue weighted by molar-refractivity contribution is 0.101. The Bertz CT molecular complexity index is 416. The van der Waals surface area contributed by atoms with Crippen molar-refractivity contribution in [3.8, 4) is 11.8 Å². The molecule has 0 spiro atoms. The third-order valence-corrected chi connectivity index (χ3v) is 2.11. The summed E-state index contributed by atoms with van der Waals surface area (Å²) in [4.78, 5) is 11.1. The van der Waals surface area contributed by atoms with Gasteiger partial charge in [0.15, 0.2) is 5.78 Å². The number of ketones is 1. The molecule has 0 aromatic heterocycles. The van der Waals surface area contributed by atoms with Crippen LogP contribution in [0.2, 0.25) is 0 Å². The minimum Gasteiger partial charge on any atom is -0.496 e. The number of rotatable bonds is 2. The summed E-state index contributed by atoms with van der Waals surface area (Å²) < 4.78 is 5.07. The first kappa shape index (κ1) is 10.3. The maximum absolute atomic E-state index is 11.1. The van der Waals surface area contributed by atoms with Crippen LogP contribution in [0.5, 0.6) is 5.75 Å². The van der Waals surface area contributed by atoms with Gasteiger partial charge in [-0.25, -0.2) is 0 Å². The van der Waals surface area contributed by atoms with Crippen LogP contribution in [0.4, 0.5) is 0 Å². The number of hydrogen-bond acceptors (Lipinski definition) is 3. The van der Waals surface area contributed by atoms with Crippen LogP contribution in [-0.4, -0.2) is 12.9 Å². The number of carbonyl (C=O) groups excluding carboxylic acids is 1. The second-order valence-electron chi connectivity index (χ2n) is 3.02. The van der Waals surface area contributed by atoms with Crippen LogP contribution >= 0.6 is 0 Å². The Kier molecular flexibility index (Phi) is 2.88. The Morgan fingerprint density at radius 2 is 2.14 bits per heavy atom. The van der Waals surface area contributed by atoms with E-state index in [0.29, 0.717) is 16.9 Å². The van der Waals surface area contributed by atoms with Crippen molar-refractivity contribution in [2.75, 3.05) is 7.11 Å². The molecule has 0 fully saturated rings. The standard InChI is InChI=1S/C11H11NO2/c1-7-10(6-12)4-9(8(2)13)5-11(7)14-3/h4-5H,1-3H3. The van der Waals surface area contributed by atoms with Gasteiger partial charge in [-0.05, 0) is 26.0 Å². The van der Waals surface area contributed by atoms with Crippen molar-refractivity contribution in [2.45, 2.75) is 13.8 Å². The Labute approximate surface area is 82.9 Å². The second kappa shape index (κ2) is 3.93. The van der Waals surface area contributed by atoms with Gasteiger partial charge in [-0.1, -0.05) is 0 Å². The van der Waals surface area contributed by atoms with Gasteiger partial charge < -0.3 is 4.74 Å². The van der Waals surface area contributed by atoms with Crippen molar-refractivity contribution < 1.29 is 9.53 Å². The van der Waals surface area contributed by atoms with Crippen molar-refractivity contribution in [1.82, 2.24) is 0 Å². The largest absolute Gasteiger partial charge is 0.496 e. The van der Waals surface area contributed by atoms with Crippen molar-refractivity contribution in [2.24, 2.45) is 0 Å². The van der Waals surface area contributed by atoms with Gasteiger partial charge in [-0.3, -0.25) is 4.79 Å². The molecule has 0 unspecified atom stereocenters. The highest BCUT2D eigenvalue weighted by molar-refractivity contribution is 5.95. The minimum absolute atomic E-state index is 0.0696. The molecule has 3 nitrogen and oxygen atoms in total. The van der Waals surface area contributed by atoms with Gasteiger partial charge in [0, 0.05) is 11.1 Å². The van der Waals surface area contributed by atoms with Crippen LogP contribution in [-0.2, 0) is 0 Å². The third kappa shape index (κ3) is 1.74. The van der Waals surface area contributed by atoms with Crippen molar-refractivity contribution in [1.29, 1.82) is 5.26 Å². The molecule has 14 heavy (non-hydrogen) atoms. The van der Waals surface area contributed by atoms with E-state index in [2.05, 4.69) is 0 Å². The lowest BCUT2D eigenvalue weighted by atomic mass is 10.0. The third-order valence-electron chi connectivity index (χ3n) is 2.11. The van der Waals surface area contributed by atoms with Gasteiger partial charge in [0.1, 0.15) is 5.75 Å². The van der Waals surface area contributed by atoms with E-state index in [4.69, 9.17) is 10.00 Å². The molecule has 0 amide bonds. The van der Waals surface area contributed by atoms with E-state index in [-0.39, 0.29) is 5.78 Å². The highest BCUT2D eigenvalue weighted by Crippen LogP contribution is 2.23. The zero-order valence-electron chi connectivity index (χ0n) is 8.42. The first-order valence-corrected chi connectivity index (χ1v) is 4.19. The Morgan fingerprint density at radius 3 is 2.57 bits per heavy atom. The molecule has 0 bridgehead atoms. The quantitative estimate of drug-likeness (QED) is 0.669. The van der Waals surface area contributed by atoms with Gasteiger partial charge in [0.2, 0.25) is 0 Å². The Hall–Kier alpha value is -1.82. The molecule has 1 aromatic rings. The summed E-state index contributed by atoms with van der Waals surface area (Å²) in [6, 6.07) is 5.27. The number of Topliss-reactive ketones (excluding diaryl/α,β-unsaturated/α-hetero) is 1. The first-order valence-electron chi connectivity index (χ1n) is 4.19. The number of hydrogen-bond donors (Lipinski definition) is 0. The van der Waals surface area contributed by atoms with Crippen LogP contribution in [0, 0.1) is 18.3 Å². The number of carbonyl (C=O) groups is 1. The Morgan fingerprint density at radius 1 is 1.50 bits per heavy atom. The molecule has 1 rings (SSSR count). The van der Waals surface area contributed by atoms with Crippen molar-refractivity contribution in [3.05, 3.63) is 28.8 Å². The summed E-state index contributed by atoms with van der Waals surface area (Å²) in [5, 5.41) is 8.83. The van der Waals surface area contributed by atoms with Crippen LogP contribution in [0.25, 0.3) is 0 Å². The fraction of sp³-hybridized carbons (Fsp3) is 0.273. The average Bonchev–Trinajstić information content (AvgIpc) is 2.17. The topological polar surface area (TPSA) is 50.1 Å². The number of methoxy groups -OCH3 is 1. The van der Waals surface area contributed by atoms with Gasteiger partial charge in [0.05, 0.1) is 18.7 Å². The molecular formula is C11H11NO2. The molecule has 72 valence electrons. The summed E-state index contributed by atoms with van der Waals surface area (Å²) in [6.45, 7) is 3.26. The fourth-order valence-electron chi connectivity index (χ4n) is 1.22. The lowest BCUT2D eigenvalue weighted by Crippen LogP contribution is -1.98. The fourth-order valence-corrected chi connectivity index (χ4v) is 1.22. The molecule has 0 saturated heterocycles. The first-order chi connectivity index (χ1) is 6.60. The van der Waals surface area contributed by atoms with Gasteiger partial charge in [-0.15, -0.1) is 0 Å². The van der Waals surface area contributed by atoms with E-state index < -0.39 is 0 Å². The summed E-state index contributed by atoms with van der Waals surface area (Å²) in [5.74, 6) is 0.508. The number of nitrogens with zero attached hydrogens (tertiary/aromatic N) is 1. The maximum Gasteiger partial charge on any atom is 0.159 e. The van der Waals surface area contributed by atoms with E-state index in [0.717, 1.165) is 5.56 Å². The molecule has 0 aliphatic heterocycles. The molecule has 3 heteroatoms. The molecule has 0 N–H and O–H groups in total. The smallest absolute Gasteiger partial charge is 0.159 e. The second-order valence-corrected chi connectivity index (χ2v) is 3.02. The highest BCUT2D eigenvalue weighted by Gasteiger charge is 2.09. The zero-order chi connectivity index (χ0) is 10.7. The molecule has 0 saturated carbocycles. The SMILES string of the molecule is COc1cc(C(C)=O)cc(C#N)c1C. The van der Waals surface area contributed by atoms with Crippen LogP contribution in [0.3, 0.4) is 0 Å². The summed E-state index contributed by atoms with van der Waals surface area (Å²) in [5.41, 5.74) is 1.75. The highest BCUT2D eigenvalue weighted by atomic mass is 16.5. The zero-order valence-corrected chi connectivity index (χ0v) is 8.42. The van der Waals surface area contributed by atoms with E-state index in [1.54, 1.807) is 19.1 Å². The van der Waals surface area contributed by atoms with Crippen molar-refractivity contribution in [3.63, 3.8) is 0 Å². The molecule has 0 atom stereocenters. The van der Waals surface area contributed by atoms with Crippen LogP contribution in [0.15, 0.2) is 12.1 Å². The summed E-state index contributed by atoms with van der Waals surface area (Å²) in [7, 11) is 1.52. The van der Waals surface area contributed by atoms with Gasteiger partial charge >= 0.3 is 0 Å². The predicted molar refractivity (Wildman–Crippen MR) is 52.5 cm³/mol. The lowest BCUT2D eigenvalue weighted by Gasteiger charge is -2.07. The summed E-state index contributed by atoms with van der Waals surface area (Å²) >= 11 is 0. The minimum atomic E-state index is -0.0696. The summed E-state index contributed by atoms with van der Waals surface area (Å²) in [6.07, 6.45) is 0. The molecule has 0 aliphatic carbocycles. The van der Waals surface area contributed by atoms with E-state index in [1.165, 1.54) is 14.0 Å². The average molecular weight is 189 g/mol. The van der Waals surface area contributed by atoms with Crippen molar-refractivity contribution >= 4 is 5.78 Å². The molecule has 0 radical (unpaired) electrons. The van der Waals surface area contributed by atoms with E-state index >= 15 is 0 Å². The molecular weight excluding hydrogens is 178 g/mol. The predicted octanol–water partition coefficient (Wildman–Crippen LogP) is 2.08. The Balaban J connectivity index is 3.41. The normalized spacial score (nSPS) is 9.29. The molecule has 0 aliphatic rings. The number of benzene rings is 1.